The highest BCUT2D eigenvalue weighted by molar-refractivity contribution is 5.80. The molecule has 2 atom stereocenters. The van der Waals surface area contributed by atoms with Crippen molar-refractivity contribution in [3.63, 3.8) is 0 Å². The first-order chi connectivity index (χ1) is 17.8. The Labute approximate surface area is 222 Å². The van der Waals surface area contributed by atoms with E-state index in [0.29, 0.717) is 12.8 Å². The van der Waals surface area contributed by atoms with Crippen LogP contribution in [0, 0.1) is 0 Å². The van der Waals surface area contributed by atoms with Crippen molar-refractivity contribution in [2.75, 3.05) is 6.61 Å². The lowest BCUT2D eigenvalue weighted by Gasteiger charge is -2.32. The van der Waals surface area contributed by atoms with Gasteiger partial charge in [0.05, 0.1) is 18.8 Å². The minimum Gasteiger partial charge on any atom is -0.477 e. The van der Waals surface area contributed by atoms with E-state index in [1.807, 2.05) is 13.8 Å². The molecule has 1 rings (SSSR count). The molecule has 1 unspecified atom stereocenters. The maximum Gasteiger partial charge on any atom is 0.514 e. The van der Waals surface area contributed by atoms with Gasteiger partial charge in [0.1, 0.15) is 0 Å². The summed E-state index contributed by atoms with van der Waals surface area (Å²) in [5.41, 5.74) is -1.95. The number of hydrogen-bond acceptors (Lipinski definition) is 11. The Morgan fingerprint density at radius 2 is 1.47 bits per heavy atom. The van der Waals surface area contributed by atoms with Crippen LogP contribution >= 0.6 is 0 Å². The minimum atomic E-state index is -2.21. The van der Waals surface area contributed by atoms with E-state index in [1.165, 1.54) is 18.2 Å². The van der Waals surface area contributed by atoms with E-state index in [-0.39, 0.29) is 36.1 Å². The second kappa shape index (κ2) is 15.7. The first kappa shape index (κ1) is 32.5. The minimum absolute atomic E-state index is 0.0722. The topological polar surface area (TPSA) is 156 Å². The van der Waals surface area contributed by atoms with Crippen LogP contribution in [-0.4, -0.2) is 60.1 Å². The summed E-state index contributed by atoms with van der Waals surface area (Å²) in [6.07, 6.45) is -2.72. The van der Waals surface area contributed by atoms with Crippen molar-refractivity contribution in [3.05, 3.63) is 23.8 Å². The van der Waals surface area contributed by atoms with Crippen LogP contribution in [-0.2, 0) is 30.2 Å². The van der Waals surface area contributed by atoms with Crippen LogP contribution in [0.4, 0.5) is 14.4 Å². The fourth-order valence-electron chi connectivity index (χ4n) is 3.00. The van der Waals surface area contributed by atoms with Crippen molar-refractivity contribution in [1.29, 1.82) is 0 Å². The third kappa shape index (κ3) is 11.2. The number of carboxylic acids is 1. The van der Waals surface area contributed by atoms with Crippen LogP contribution in [0.3, 0.4) is 0 Å². The third-order valence-electron chi connectivity index (χ3n) is 4.92. The third-order valence-corrected chi connectivity index (χ3v) is 4.92. The first-order valence-electron chi connectivity index (χ1n) is 12.6. The first-order valence-corrected chi connectivity index (χ1v) is 12.6. The van der Waals surface area contributed by atoms with Crippen molar-refractivity contribution in [2.24, 2.45) is 0 Å². The number of carbonyl (C=O) groups is 4. The normalized spacial score (nSPS) is 13.3. The van der Waals surface area contributed by atoms with E-state index in [2.05, 4.69) is 5.32 Å². The van der Waals surface area contributed by atoms with Gasteiger partial charge in [-0.1, -0.05) is 26.3 Å². The van der Waals surface area contributed by atoms with Crippen molar-refractivity contribution < 1.29 is 52.7 Å². The Balaban J connectivity index is 3.40. The number of benzene rings is 1. The fraction of sp³-hybridized carbons (Fsp3) is 0.615. The molecule has 0 bridgehead atoms. The van der Waals surface area contributed by atoms with Crippen molar-refractivity contribution in [1.82, 2.24) is 5.32 Å². The molecule has 38 heavy (non-hydrogen) atoms. The summed E-state index contributed by atoms with van der Waals surface area (Å²) in [6, 6.07) is 3.64. The average molecular weight is 542 g/mol. The summed E-state index contributed by atoms with van der Waals surface area (Å²) >= 11 is 0. The molecule has 0 aliphatic rings. The maximum atomic E-state index is 12.5. The predicted molar refractivity (Wildman–Crippen MR) is 135 cm³/mol. The molecule has 0 spiro atoms. The van der Waals surface area contributed by atoms with E-state index in [0.717, 1.165) is 6.42 Å². The summed E-state index contributed by atoms with van der Waals surface area (Å²) in [7, 11) is 0. The highest BCUT2D eigenvalue weighted by atomic mass is 16.8. The molecule has 0 aromatic heterocycles. The van der Waals surface area contributed by atoms with Gasteiger partial charge in [-0.15, -0.1) is 0 Å². The zero-order valence-corrected chi connectivity index (χ0v) is 23.0. The van der Waals surface area contributed by atoms with Crippen LogP contribution in [0.5, 0.6) is 11.5 Å². The zero-order valence-electron chi connectivity index (χ0n) is 23.0. The molecular weight excluding hydrogens is 502 g/mol. The molecule has 0 aliphatic carbocycles. The smallest absolute Gasteiger partial charge is 0.477 e. The number of nitrogens with one attached hydrogen (secondary N) is 1. The lowest BCUT2D eigenvalue weighted by atomic mass is 10.00. The van der Waals surface area contributed by atoms with Crippen molar-refractivity contribution >= 4 is 24.4 Å². The second-order valence-corrected chi connectivity index (χ2v) is 9.14. The molecule has 0 heterocycles. The molecular formula is C26H39NO11. The van der Waals surface area contributed by atoms with Gasteiger partial charge in [0.25, 0.3) is 5.72 Å². The number of ether oxygens (including phenoxy) is 6. The zero-order chi connectivity index (χ0) is 28.9. The molecule has 0 fully saturated rings. The highest BCUT2D eigenvalue weighted by Crippen LogP contribution is 2.31. The number of unbranched alkanes of at least 4 members (excludes halogenated alkanes) is 1. The molecule has 2 N–H and O–H groups in total. The molecule has 1 aromatic rings. The molecule has 0 saturated carbocycles. The molecule has 12 heteroatoms. The largest absolute Gasteiger partial charge is 0.514 e. The van der Waals surface area contributed by atoms with E-state index < -0.39 is 42.4 Å². The Kier molecular flexibility index (Phi) is 13.4. The summed E-state index contributed by atoms with van der Waals surface area (Å²) in [4.78, 5) is 49.1. The van der Waals surface area contributed by atoms with E-state index in [1.54, 1.807) is 34.6 Å². The Hall–Kier alpha value is -3.54. The number of carboxylic acid groups (broad SMARTS) is 1. The SMILES string of the molecule is CCCCOC(=O)O[C@](Cc1ccc(OC(=O)OC(C)C)c(OC(=O)OC(C)C)c1)(NC(C)CC)C(=O)O. The number of hydrogen-bond donors (Lipinski definition) is 2. The lowest BCUT2D eigenvalue weighted by molar-refractivity contribution is -0.167. The van der Waals surface area contributed by atoms with E-state index >= 15 is 0 Å². The van der Waals surface area contributed by atoms with Crippen LogP contribution in [0.15, 0.2) is 18.2 Å². The van der Waals surface area contributed by atoms with Gasteiger partial charge in [0.15, 0.2) is 11.5 Å². The molecule has 0 saturated heterocycles. The fourth-order valence-corrected chi connectivity index (χ4v) is 3.00. The Morgan fingerprint density at radius 1 is 0.895 bits per heavy atom. The predicted octanol–water partition coefficient (Wildman–Crippen LogP) is 5.20. The standard InChI is InChI=1S/C26H39NO11/c1-8-10-13-33-23(30)38-26(22(28)29,27-18(7)9-2)15-19-11-12-20(36-24(31)34-16(3)4)21(14-19)37-25(32)35-17(5)6/h11-12,14,16-18,27H,8-10,13,15H2,1-7H3,(H,28,29)/t18?,26-/m0/s1. The van der Waals surface area contributed by atoms with Gasteiger partial charge in [-0.2, -0.15) is 0 Å². The summed E-state index contributed by atoms with van der Waals surface area (Å²) < 4.78 is 30.7. The number of carbonyl (C=O) groups excluding carboxylic acids is 3. The Bertz CT molecular complexity index is 947. The Morgan fingerprint density at radius 3 is 1.97 bits per heavy atom. The number of aliphatic carboxylic acids is 1. The van der Waals surface area contributed by atoms with Gasteiger partial charge >= 0.3 is 24.4 Å². The molecule has 12 nitrogen and oxygen atoms in total. The van der Waals surface area contributed by atoms with Crippen LogP contribution in [0.25, 0.3) is 0 Å². The monoisotopic (exact) mass is 541 g/mol. The van der Waals surface area contributed by atoms with Gasteiger partial charge in [0, 0.05) is 12.5 Å². The van der Waals surface area contributed by atoms with Gasteiger partial charge in [-0.05, 0) is 65.2 Å². The summed E-state index contributed by atoms with van der Waals surface area (Å²) in [6.45, 7) is 12.0. The van der Waals surface area contributed by atoms with Gasteiger partial charge in [-0.3, -0.25) is 5.32 Å². The highest BCUT2D eigenvalue weighted by Gasteiger charge is 2.44. The molecule has 1 aromatic carbocycles. The summed E-state index contributed by atoms with van der Waals surface area (Å²) in [5, 5.41) is 13.0. The van der Waals surface area contributed by atoms with E-state index in [9.17, 15) is 24.3 Å². The lowest BCUT2D eigenvalue weighted by Crippen LogP contribution is -2.59. The van der Waals surface area contributed by atoms with Crippen LogP contribution in [0.2, 0.25) is 0 Å². The van der Waals surface area contributed by atoms with E-state index in [4.69, 9.17) is 28.4 Å². The molecule has 214 valence electrons. The average Bonchev–Trinajstić information content (AvgIpc) is 2.79. The second-order valence-electron chi connectivity index (χ2n) is 9.14. The van der Waals surface area contributed by atoms with Crippen molar-refractivity contribution in [3.8, 4) is 11.5 Å². The molecule has 0 aliphatic heterocycles. The number of rotatable bonds is 14. The van der Waals surface area contributed by atoms with Gasteiger partial charge in [0.2, 0.25) is 0 Å². The van der Waals surface area contributed by atoms with Crippen molar-refractivity contribution in [2.45, 2.75) is 98.1 Å². The van der Waals surface area contributed by atoms with Crippen LogP contribution in [0.1, 0.15) is 73.3 Å². The molecule has 0 amide bonds. The quantitative estimate of drug-likeness (QED) is 0.104. The summed E-state index contributed by atoms with van der Waals surface area (Å²) in [5.74, 6) is -1.87. The van der Waals surface area contributed by atoms with Crippen LogP contribution < -0.4 is 14.8 Å². The maximum absolute atomic E-state index is 12.5. The molecule has 0 radical (unpaired) electrons. The van der Waals surface area contributed by atoms with Gasteiger partial charge < -0.3 is 33.5 Å². The van der Waals surface area contributed by atoms with Gasteiger partial charge in [-0.25, -0.2) is 19.2 Å².